The van der Waals surface area contributed by atoms with E-state index in [-0.39, 0.29) is 0 Å². The fraction of sp³-hybridized carbons (Fsp3) is 0.0769. The molecule has 2 heteroatoms. The Kier molecular flexibility index (Phi) is 6.29. The molecule has 0 spiro atoms. The SMILES string of the molecule is c1ccc(COCc2ccccc2P(c2ccccc2)c2ccccc2)cc1. The third-order valence-corrected chi connectivity index (χ3v) is 7.18. The summed E-state index contributed by atoms with van der Waals surface area (Å²) in [6.45, 7) is 1.24. The number of hydrogen-bond acceptors (Lipinski definition) is 1. The zero-order valence-corrected chi connectivity index (χ0v) is 16.6. The van der Waals surface area contributed by atoms with Crippen LogP contribution in [-0.2, 0) is 18.0 Å². The Hall–Kier alpha value is -2.73. The van der Waals surface area contributed by atoms with Crippen LogP contribution in [0.3, 0.4) is 0 Å². The van der Waals surface area contributed by atoms with E-state index in [2.05, 4.69) is 109 Å². The minimum absolute atomic E-state index is 0.615. The Morgan fingerprint density at radius 3 is 1.61 bits per heavy atom. The second-order valence-electron chi connectivity index (χ2n) is 6.61. The molecule has 4 aromatic carbocycles. The van der Waals surface area contributed by atoms with Crippen LogP contribution in [-0.4, -0.2) is 0 Å². The lowest BCUT2D eigenvalue weighted by atomic mass is 10.2. The van der Waals surface area contributed by atoms with E-state index in [4.69, 9.17) is 4.74 Å². The average Bonchev–Trinajstić information content (AvgIpc) is 2.77. The molecule has 1 nitrogen and oxygen atoms in total. The zero-order chi connectivity index (χ0) is 19.0. The first-order valence-electron chi connectivity index (χ1n) is 9.51. The summed E-state index contributed by atoms with van der Waals surface area (Å²) in [6, 6.07) is 40.7. The van der Waals surface area contributed by atoms with Crippen molar-refractivity contribution in [3.05, 3.63) is 126 Å². The predicted molar refractivity (Wildman–Crippen MR) is 120 cm³/mol. The van der Waals surface area contributed by atoms with Crippen molar-refractivity contribution in [1.29, 1.82) is 0 Å². The predicted octanol–water partition coefficient (Wildman–Crippen LogP) is 5.16. The van der Waals surface area contributed by atoms with E-state index in [1.54, 1.807) is 0 Å². The summed E-state index contributed by atoms with van der Waals surface area (Å²) in [5.41, 5.74) is 2.46. The summed E-state index contributed by atoms with van der Waals surface area (Å²) < 4.78 is 6.08. The first kappa shape index (κ1) is 18.6. The molecule has 0 saturated carbocycles. The fourth-order valence-electron chi connectivity index (χ4n) is 3.29. The van der Waals surface area contributed by atoms with E-state index in [1.807, 2.05) is 6.07 Å². The Bertz CT molecular complexity index is 945. The largest absolute Gasteiger partial charge is 0.372 e. The molecule has 0 fully saturated rings. The molecule has 0 aliphatic heterocycles. The molecule has 0 amide bonds. The summed E-state index contributed by atoms with van der Waals surface area (Å²) in [7, 11) is -0.618. The van der Waals surface area contributed by atoms with Crippen LogP contribution in [0.2, 0.25) is 0 Å². The quantitative estimate of drug-likeness (QED) is 0.401. The van der Waals surface area contributed by atoms with Gasteiger partial charge in [-0.3, -0.25) is 0 Å². The Morgan fingerprint density at radius 2 is 1.00 bits per heavy atom. The van der Waals surface area contributed by atoms with Gasteiger partial charge in [-0.05, 0) is 35.0 Å². The summed E-state index contributed by atoms with van der Waals surface area (Å²) in [5, 5.41) is 4.08. The van der Waals surface area contributed by atoms with Crippen molar-refractivity contribution in [2.75, 3.05) is 0 Å². The molecule has 0 unspecified atom stereocenters. The van der Waals surface area contributed by atoms with Gasteiger partial charge in [0.25, 0.3) is 0 Å². The summed E-state index contributed by atoms with van der Waals surface area (Å²) in [6.07, 6.45) is 0. The zero-order valence-electron chi connectivity index (χ0n) is 15.7. The minimum Gasteiger partial charge on any atom is -0.372 e. The van der Waals surface area contributed by atoms with Gasteiger partial charge in [-0.15, -0.1) is 0 Å². The van der Waals surface area contributed by atoms with E-state index in [0.29, 0.717) is 13.2 Å². The van der Waals surface area contributed by atoms with Crippen molar-refractivity contribution in [2.45, 2.75) is 13.2 Å². The minimum atomic E-state index is -0.618. The summed E-state index contributed by atoms with van der Waals surface area (Å²) >= 11 is 0. The summed E-state index contributed by atoms with van der Waals surface area (Å²) in [5.74, 6) is 0. The van der Waals surface area contributed by atoms with Crippen molar-refractivity contribution in [2.24, 2.45) is 0 Å². The Balaban J connectivity index is 1.64. The van der Waals surface area contributed by atoms with Gasteiger partial charge in [0.1, 0.15) is 0 Å². The van der Waals surface area contributed by atoms with Crippen LogP contribution in [0.4, 0.5) is 0 Å². The normalized spacial score (nSPS) is 10.9. The second-order valence-corrected chi connectivity index (χ2v) is 8.80. The van der Waals surface area contributed by atoms with Crippen molar-refractivity contribution < 1.29 is 4.74 Å². The van der Waals surface area contributed by atoms with Crippen molar-refractivity contribution >= 4 is 23.8 Å². The van der Waals surface area contributed by atoms with Crippen LogP contribution < -0.4 is 15.9 Å². The van der Waals surface area contributed by atoms with Gasteiger partial charge < -0.3 is 4.74 Å². The second kappa shape index (κ2) is 9.46. The maximum absolute atomic E-state index is 6.08. The number of ether oxygens (including phenoxy) is 1. The molecule has 0 heterocycles. The first-order chi connectivity index (χ1) is 13.9. The molecule has 0 aliphatic rings. The molecule has 0 saturated heterocycles. The molecular formula is C26H23OP. The monoisotopic (exact) mass is 382 g/mol. The van der Waals surface area contributed by atoms with Gasteiger partial charge in [0.2, 0.25) is 0 Å². The molecule has 4 aromatic rings. The maximum atomic E-state index is 6.08. The standard InChI is InChI=1S/C26H23OP/c1-4-12-22(13-5-1)20-27-21-23-14-10-11-19-26(23)28(24-15-6-2-7-16-24)25-17-8-3-9-18-25/h1-19H,20-21H2. The molecule has 0 N–H and O–H groups in total. The van der Waals surface area contributed by atoms with Crippen LogP contribution in [0, 0.1) is 0 Å². The lowest BCUT2D eigenvalue weighted by Crippen LogP contribution is -2.23. The number of benzene rings is 4. The topological polar surface area (TPSA) is 9.23 Å². The molecule has 0 radical (unpaired) electrons. The average molecular weight is 382 g/mol. The highest BCUT2D eigenvalue weighted by Crippen LogP contribution is 2.34. The molecular weight excluding hydrogens is 359 g/mol. The molecule has 0 bridgehead atoms. The van der Waals surface area contributed by atoms with E-state index in [1.165, 1.54) is 27.0 Å². The van der Waals surface area contributed by atoms with Gasteiger partial charge in [0.05, 0.1) is 13.2 Å². The molecule has 0 aromatic heterocycles. The van der Waals surface area contributed by atoms with Crippen LogP contribution in [0.5, 0.6) is 0 Å². The van der Waals surface area contributed by atoms with Gasteiger partial charge in [0, 0.05) is 0 Å². The highest BCUT2D eigenvalue weighted by atomic mass is 31.1. The third-order valence-electron chi connectivity index (χ3n) is 4.63. The lowest BCUT2D eigenvalue weighted by molar-refractivity contribution is 0.108. The van der Waals surface area contributed by atoms with Crippen LogP contribution in [0.15, 0.2) is 115 Å². The van der Waals surface area contributed by atoms with E-state index in [0.717, 1.165) is 0 Å². The smallest absolute Gasteiger partial charge is 0.0727 e. The number of hydrogen-bond donors (Lipinski definition) is 0. The van der Waals surface area contributed by atoms with Crippen molar-refractivity contribution in [3.63, 3.8) is 0 Å². The van der Waals surface area contributed by atoms with Gasteiger partial charge in [-0.2, -0.15) is 0 Å². The van der Waals surface area contributed by atoms with Crippen LogP contribution in [0.1, 0.15) is 11.1 Å². The highest BCUT2D eigenvalue weighted by molar-refractivity contribution is 7.79. The molecule has 0 aliphatic carbocycles. The molecule has 28 heavy (non-hydrogen) atoms. The highest BCUT2D eigenvalue weighted by Gasteiger charge is 2.19. The van der Waals surface area contributed by atoms with Crippen LogP contribution in [0.25, 0.3) is 0 Å². The third kappa shape index (κ3) is 4.57. The van der Waals surface area contributed by atoms with Gasteiger partial charge in [0.15, 0.2) is 0 Å². The fourth-order valence-corrected chi connectivity index (χ4v) is 5.74. The maximum Gasteiger partial charge on any atom is 0.0727 e. The Labute approximate surface area is 168 Å². The first-order valence-corrected chi connectivity index (χ1v) is 10.9. The van der Waals surface area contributed by atoms with E-state index >= 15 is 0 Å². The van der Waals surface area contributed by atoms with E-state index in [9.17, 15) is 0 Å². The molecule has 0 atom stereocenters. The Morgan fingerprint density at radius 1 is 0.500 bits per heavy atom. The van der Waals surface area contributed by atoms with Crippen LogP contribution >= 0.6 is 7.92 Å². The van der Waals surface area contributed by atoms with E-state index < -0.39 is 7.92 Å². The molecule has 4 rings (SSSR count). The number of rotatable bonds is 7. The van der Waals surface area contributed by atoms with Gasteiger partial charge in [-0.25, -0.2) is 0 Å². The van der Waals surface area contributed by atoms with Gasteiger partial charge >= 0.3 is 0 Å². The van der Waals surface area contributed by atoms with Gasteiger partial charge in [-0.1, -0.05) is 115 Å². The van der Waals surface area contributed by atoms with Crippen molar-refractivity contribution in [1.82, 2.24) is 0 Å². The lowest BCUT2D eigenvalue weighted by Gasteiger charge is -2.22. The summed E-state index contributed by atoms with van der Waals surface area (Å²) in [4.78, 5) is 0. The van der Waals surface area contributed by atoms with Crippen molar-refractivity contribution in [3.8, 4) is 0 Å². The molecule has 138 valence electrons.